The zero-order chi connectivity index (χ0) is 9.10. The summed E-state index contributed by atoms with van der Waals surface area (Å²) < 4.78 is 5.08. The molecule has 1 aromatic rings. The molecule has 1 aliphatic heterocycles. The molecule has 70 valence electrons. The van der Waals surface area contributed by atoms with E-state index >= 15 is 0 Å². The van der Waals surface area contributed by atoms with E-state index in [0.717, 1.165) is 18.7 Å². The molecule has 3 heteroatoms. The molecule has 0 aliphatic carbocycles. The molecule has 2 rings (SSSR count). The Morgan fingerprint density at radius 1 is 1.38 bits per heavy atom. The number of ether oxygens (including phenoxy) is 1. The largest absolute Gasteiger partial charge is 0.497 e. The van der Waals surface area contributed by atoms with Crippen molar-refractivity contribution in [2.45, 2.75) is 12.5 Å². The van der Waals surface area contributed by atoms with Crippen LogP contribution in [0, 0.1) is 0 Å². The third-order valence-corrected chi connectivity index (χ3v) is 2.22. The van der Waals surface area contributed by atoms with Crippen LogP contribution >= 0.6 is 0 Å². The molecule has 1 atom stereocenters. The van der Waals surface area contributed by atoms with Crippen LogP contribution in [-0.2, 0) is 4.84 Å². The second kappa shape index (κ2) is 3.77. The van der Waals surface area contributed by atoms with E-state index in [1.54, 1.807) is 7.11 Å². The summed E-state index contributed by atoms with van der Waals surface area (Å²) in [4.78, 5) is 5.32. The van der Waals surface area contributed by atoms with Crippen molar-refractivity contribution in [3.63, 3.8) is 0 Å². The molecule has 1 aliphatic rings. The Labute approximate surface area is 77.6 Å². The Morgan fingerprint density at radius 2 is 2.15 bits per heavy atom. The molecule has 1 heterocycles. The van der Waals surface area contributed by atoms with E-state index in [4.69, 9.17) is 9.57 Å². The number of hydrogen-bond acceptors (Lipinski definition) is 3. The number of nitrogens with one attached hydrogen (secondary N) is 1. The molecule has 0 aromatic heterocycles. The summed E-state index contributed by atoms with van der Waals surface area (Å²) in [5, 5.41) is 0. The first-order valence-electron chi connectivity index (χ1n) is 4.42. The van der Waals surface area contributed by atoms with Crippen LogP contribution in [-0.4, -0.2) is 13.7 Å². The second-order valence-electron chi connectivity index (χ2n) is 3.06. The Balaban J connectivity index is 2.12. The fraction of sp³-hybridized carbons (Fsp3) is 0.400. The summed E-state index contributed by atoms with van der Waals surface area (Å²) in [6, 6.07) is 7.99. The van der Waals surface area contributed by atoms with Crippen LogP contribution in [0.3, 0.4) is 0 Å². The molecule has 0 radical (unpaired) electrons. The van der Waals surface area contributed by atoms with Gasteiger partial charge in [-0.05, 0) is 24.1 Å². The summed E-state index contributed by atoms with van der Waals surface area (Å²) >= 11 is 0. The molecular weight excluding hydrogens is 166 g/mol. The quantitative estimate of drug-likeness (QED) is 0.749. The maximum absolute atomic E-state index is 5.32. The van der Waals surface area contributed by atoms with Crippen LogP contribution in [0.5, 0.6) is 5.75 Å². The van der Waals surface area contributed by atoms with Gasteiger partial charge in [-0.25, -0.2) is 5.48 Å². The van der Waals surface area contributed by atoms with Crippen molar-refractivity contribution >= 4 is 0 Å². The maximum Gasteiger partial charge on any atom is 0.118 e. The molecular formula is C10H13NO2. The Hall–Kier alpha value is -1.06. The van der Waals surface area contributed by atoms with Crippen LogP contribution in [0.15, 0.2) is 24.3 Å². The number of methoxy groups -OCH3 is 1. The Morgan fingerprint density at radius 3 is 2.69 bits per heavy atom. The van der Waals surface area contributed by atoms with Crippen molar-refractivity contribution in [1.29, 1.82) is 0 Å². The van der Waals surface area contributed by atoms with Crippen molar-refractivity contribution in [3.05, 3.63) is 29.8 Å². The SMILES string of the molecule is COc1ccc(C2CCNO2)cc1. The van der Waals surface area contributed by atoms with Crippen molar-refractivity contribution in [3.8, 4) is 5.75 Å². The van der Waals surface area contributed by atoms with Gasteiger partial charge in [0.1, 0.15) is 11.9 Å². The van der Waals surface area contributed by atoms with E-state index in [0.29, 0.717) is 0 Å². The average molecular weight is 179 g/mol. The maximum atomic E-state index is 5.32. The first kappa shape index (κ1) is 8.53. The molecule has 1 N–H and O–H groups in total. The predicted molar refractivity (Wildman–Crippen MR) is 49.4 cm³/mol. The van der Waals surface area contributed by atoms with Gasteiger partial charge in [-0.1, -0.05) is 12.1 Å². The van der Waals surface area contributed by atoms with Crippen molar-refractivity contribution < 1.29 is 9.57 Å². The molecule has 0 amide bonds. The lowest BCUT2D eigenvalue weighted by atomic mass is 10.1. The van der Waals surface area contributed by atoms with E-state index < -0.39 is 0 Å². The van der Waals surface area contributed by atoms with Gasteiger partial charge < -0.3 is 4.74 Å². The topological polar surface area (TPSA) is 30.5 Å². The van der Waals surface area contributed by atoms with Gasteiger partial charge in [0.2, 0.25) is 0 Å². The van der Waals surface area contributed by atoms with Crippen LogP contribution in [0.25, 0.3) is 0 Å². The fourth-order valence-corrected chi connectivity index (χ4v) is 1.46. The van der Waals surface area contributed by atoms with Gasteiger partial charge in [0.05, 0.1) is 7.11 Å². The number of hydrogen-bond donors (Lipinski definition) is 1. The first-order valence-corrected chi connectivity index (χ1v) is 4.42. The molecule has 0 spiro atoms. The minimum atomic E-state index is 0.200. The van der Waals surface area contributed by atoms with Gasteiger partial charge in [-0.2, -0.15) is 0 Å². The molecule has 0 saturated carbocycles. The lowest BCUT2D eigenvalue weighted by Gasteiger charge is -2.08. The van der Waals surface area contributed by atoms with E-state index in [2.05, 4.69) is 5.48 Å². The molecule has 13 heavy (non-hydrogen) atoms. The summed E-state index contributed by atoms with van der Waals surface area (Å²) in [6.07, 6.45) is 1.23. The predicted octanol–water partition coefficient (Wildman–Crippen LogP) is 1.66. The highest BCUT2D eigenvalue weighted by Gasteiger charge is 2.17. The standard InChI is InChI=1S/C10H13NO2/c1-12-9-4-2-8(3-5-9)10-6-7-11-13-10/h2-5,10-11H,6-7H2,1H3. The monoisotopic (exact) mass is 179 g/mol. The second-order valence-corrected chi connectivity index (χ2v) is 3.06. The molecule has 1 aromatic carbocycles. The van der Waals surface area contributed by atoms with Gasteiger partial charge in [0.15, 0.2) is 0 Å². The van der Waals surface area contributed by atoms with E-state index in [1.807, 2.05) is 24.3 Å². The zero-order valence-corrected chi connectivity index (χ0v) is 7.62. The Bertz CT molecular complexity index is 265. The van der Waals surface area contributed by atoms with Gasteiger partial charge in [-0.15, -0.1) is 0 Å². The third kappa shape index (κ3) is 1.82. The van der Waals surface area contributed by atoms with Crippen LogP contribution in [0.2, 0.25) is 0 Å². The minimum Gasteiger partial charge on any atom is -0.497 e. The van der Waals surface area contributed by atoms with E-state index in [9.17, 15) is 0 Å². The molecule has 0 bridgehead atoms. The fourth-order valence-electron chi connectivity index (χ4n) is 1.46. The lowest BCUT2D eigenvalue weighted by Crippen LogP contribution is -2.04. The number of rotatable bonds is 2. The molecule has 1 unspecified atom stereocenters. The summed E-state index contributed by atoms with van der Waals surface area (Å²) in [7, 11) is 1.67. The highest BCUT2D eigenvalue weighted by Crippen LogP contribution is 2.24. The van der Waals surface area contributed by atoms with Gasteiger partial charge >= 0.3 is 0 Å². The summed E-state index contributed by atoms with van der Waals surface area (Å²) in [5.41, 5.74) is 4.07. The minimum absolute atomic E-state index is 0.200. The first-order chi connectivity index (χ1) is 6.40. The van der Waals surface area contributed by atoms with Crippen molar-refractivity contribution in [2.75, 3.05) is 13.7 Å². The van der Waals surface area contributed by atoms with E-state index in [-0.39, 0.29) is 6.10 Å². The van der Waals surface area contributed by atoms with Crippen LogP contribution in [0.1, 0.15) is 18.1 Å². The smallest absolute Gasteiger partial charge is 0.118 e. The summed E-state index contributed by atoms with van der Waals surface area (Å²) in [6.45, 7) is 0.927. The van der Waals surface area contributed by atoms with Gasteiger partial charge in [0, 0.05) is 6.54 Å². The highest BCUT2D eigenvalue weighted by atomic mass is 16.7. The number of benzene rings is 1. The zero-order valence-electron chi connectivity index (χ0n) is 7.62. The molecule has 1 fully saturated rings. The molecule has 1 saturated heterocycles. The summed E-state index contributed by atoms with van der Waals surface area (Å²) in [5.74, 6) is 0.884. The van der Waals surface area contributed by atoms with Gasteiger partial charge in [0.25, 0.3) is 0 Å². The van der Waals surface area contributed by atoms with Crippen molar-refractivity contribution in [2.24, 2.45) is 0 Å². The van der Waals surface area contributed by atoms with Crippen molar-refractivity contribution in [1.82, 2.24) is 5.48 Å². The number of hydroxylamine groups is 1. The third-order valence-electron chi connectivity index (χ3n) is 2.22. The van der Waals surface area contributed by atoms with E-state index in [1.165, 1.54) is 5.56 Å². The highest BCUT2D eigenvalue weighted by molar-refractivity contribution is 5.28. The normalized spacial score (nSPS) is 21.8. The van der Waals surface area contributed by atoms with Gasteiger partial charge in [-0.3, -0.25) is 4.84 Å². The lowest BCUT2D eigenvalue weighted by molar-refractivity contribution is 0.0336. The van der Waals surface area contributed by atoms with Crippen LogP contribution in [0.4, 0.5) is 0 Å². The molecule has 3 nitrogen and oxygen atoms in total. The van der Waals surface area contributed by atoms with Crippen LogP contribution < -0.4 is 10.2 Å². The Kier molecular flexibility index (Phi) is 2.47. The average Bonchev–Trinajstić information content (AvgIpc) is 2.71.